The van der Waals surface area contributed by atoms with Gasteiger partial charge in [-0.1, -0.05) is 29.8 Å². The van der Waals surface area contributed by atoms with Crippen LogP contribution in [0, 0.1) is 6.92 Å². The van der Waals surface area contributed by atoms with Gasteiger partial charge in [-0.3, -0.25) is 19.8 Å². The normalized spacial score (nSPS) is 15.1. The molecule has 144 valence electrons. The number of carbonyl (C=O) groups is 3. The van der Waals surface area contributed by atoms with Crippen molar-refractivity contribution in [1.82, 2.24) is 5.43 Å². The summed E-state index contributed by atoms with van der Waals surface area (Å²) in [5.74, 6) is -0.565. The molecular weight excluding hydrogens is 370 g/mol. The molecule has 7 heteroatoms. The van der Waals surface area contributed by atoms with Gasteiger partial charge >= 0.3 is 0 Å². The standard InChI is InChI=1S/C22H17N3O4/c1-13-2-8-16(9-3-13)25-22(28)18(21(27)24-25)12-17-10-11-19(29-17)14-4-6-15(7-5-14)20(23)26/h2-12H,1H3,(H2,23,26)(H,24,27). The molecule has 3 amide bonds. The molecule has 1 aliphatic rings. The summed E-state index contributed by atoms with van der Waals surface area (Å²) in [6.07, 6.45) is 1.41. The van der Waals surface area contributed by atoms with Crippen LogP contribution >= 0.6 is 0 Å². The summed E-state index contributed by atoms with van der Waals surface area (Å²) in [4.78, 5) is 36.1. The largest absolute Gasteiger partial charge is 0.457 e. The van der Waals surface area contributed by atoms with Gasteiger partial charge in [0.1, 0.15) is 17.1 Å². The van der Waals surface area contributed by atoms with E-state index in [2.05, 4.69) is 5.43 Å². The Morgan fingerprint density at radius 2 is 1.69 bits per heavy atom. The molecule has 1 aliphatic heterocycles. The number of hydrogen-bond donors (Lipinski definition) is 2. The lowest BCUT2D eigenvalue weighted by Crippen LogP contribution is -2.35. The maximum absolute atomic E-state index is 12.7. The van der Waals surface area contributed by atoms with Crippen molar-refractivity contribution >= 4 is 29.5 Å². The Labute approximate surface area is 166 Å². The van der Waals surface area contributed by atoms with Crippen LogP contribution in [0.4, 0.5) is 5.69 Å². The highest BCUT2D eigenvalue weighted by Gasteiger charge is 2.34. The van der Waals surface area contributed by atoms with Gasteiger partial charge in [-0.15, -0.1) is 0 Å². The fourth-order valence-corrected chi connectivity index (χ4v) is 2.96. The topological polar surface area (TPSA) is 106 Å². The summed E-state index contributed by atoms with van der Waals surface area (Å²) >= 11 is 0. The smallest absolute Gasteiger partial charge is 0.282 e. The summed E-state index contributed by atoms with van der Waals surface area (Å²) in [7, 11) is 0. The molecule has 0 unspecified atom stereocenters. The van der Waals surface area contributed by atoms with E-state index in [4.69, 9.17) is 10.2 Å². The molecule has 7 nitrogen and oxygen atoms in total. The second kappa shape index (κ2) is 7.12. The zero-order valence-corrected chi connectivity index (χ0v) is 15.5. The van der Waals surface area contributed by atoms with E-state index in [0.717, 1.165) is 11.1 Å². The Hall–Kier alpha value is -4.13. The number of hydrazine groups is 1. The number of nitrogens with zero attached hydrogens (tertiary/aromatic N) is 1. The molecule has 29 heavy (non-hydrogen) atoms. The first-order valence-corrected chi connectivity index (χ1v) is 8.86. The fraction of sp³-hybridized carbons (Fsp3) is 0.0455. The molecule has 2 aromatic carbocycles. The Bertz CT molecular complexity index is 1140. The molecular formula is C22H17N3O4. The Morgan fingerprint density at radius 1 is 1.00 bits per heavy atom. The number of amides is 3. The van der Waals surface area contributed by atoms with Crippen LogP contribution in [0.5, 0.6) is 0 Å². The third-order valence-corrected chi connectivity index (χ3v) is 4.55. The van der Waals surface area contributed by atoms with Gasteiger partial charge in [0.2, 0.25) is 5.91 Å². The molecule has 0 saturated carbocycles. The molecule has 3 N–H and O–H groups in total. The van der Waals surface area contributed by atoms with Crippen molar-refractivity contribution in [3.05, 3.63) is 83.1 Å². The lowest BCUT2D eigenvalue weighted by atomic mass is 10.1. The molecule has 2 heterocycles. The third kappa shape index (κ3) is 3.53. The summed E-state index contributed by atoms with van der Waals surface area (Å²) in [6.45, 7) is 1.94. The van der Waals surface area contributed by atoms with Gasteiger partial charge in [0.15, 0.2) is 0 Å². The van der Waals surface area contributed by atoms with E-state index in [1.54, 1.807) is 48.5 Å². The van der Waals surface area contributed by atoms with E-state index in [-0.39, 0.29) is 5.57 Å². The van der Waals surface area contributed by atoms with E-state index in [9.17, 15) is 14.4 Å². The number of benzene rings is 2. The highest BCUT2D eigenvalue weighted by atomic mass is 16.3. The van der Waals surface area contributed by atoms with Gasteiger partial charge in [0, 0.05) is 11.1 Å². The monoisotopic (exact) mass is 387 g/mol. The van der Waals surface area contributed by atoms with Crippen LogP contribution in [-0.2, 0) is 9.59 Å². The molecule has 3 aromatic rings. The van der Waals surface area contributed by atoms with Crippen molar-refractivity contribution in [2.75, 3.05) is 5.01 Å². The first-order valence-electron chi connectivity index (χ1n) is 8.86. The first kappa shape index (κ1) is 18.2. The van der Waals surface area contributed by atoms with Crippen molar-refractivity contribution in [2.24, 2.45) is 5.73 Å². The molecule has 1 aromatic heterocycles. The Kier molecular flexibility index (Phi) is 4.48. The summed E-state index contributed by atoms with van der Waals surface area (Å²) < 4.78 is 5.74. The number of anilines is 1. The SMILES string of the molecule is Cc1ccc(N2NC(=O)C(=Cc3ccc(-c4ccc(C(N)=O)cc4)o3)C2=O)cc1. The van der Waals surface area contributed by atoms with Gasteiger partial charge in [0.05, 0.1) is 5.69 Å². The number of furan rings is 1. The third-order valence-electron chi connectivity index (χ3n) is 4.55. The van der Waals surface area contributed by atoms with E-state index >= 15 is 0 Å². The summed E-state index contributed by atoms with van der Waals surface area (Å²) in [5, 5.41) is 1.21. The number of rotatable bonds is 4. The second-order valence-corrected chi connectivity index (χ2v) is 6.62. The average molecular weight is 387 g/mol. The minimum Gasteiger partial charge on any atom is -0.457 e. The van der Waals surface area contributed by atoms with Crippen LogP contribution < -0.4 is 16.2 Å². The second-order valence-electron chi connectivity index (χ2n) is 6.62. The Morgan fingerprint density at radius 3 is 2.34 bits per heavy atom. The van der Waals surface area contributed by atoms with E-state index in [1.165, 1.54) is 11.1 Å². The minimum atomic E-state index is -0.509. The number of primary amides is 1. The lowest BCUT2D eigenvalue weighted by molar-refractivity contribution is -0.117. The number of carbonyl (C=O) groups excluding carboxylic acids is 3. The number of aryl methyl sites for hydroxylation is 1. The first-order chi connectivity index (χ1) is 13.9. The van der Waals surface area contributed by atoms with Gasteiger partial charge in [-0.2, -0.15) is 0 Å². The minimum absolute atomic E-state index is 0.0180. The van der Waals surface area contributed by atoms with Crippen molar-refractivity contribution < 1.29 is 18.8 Å². The van der Waals surface area contributed by atoms with Crippen molar-refractivity contribution in [1.29, 1.82) is 0 Å². The zero-order valence-electron chi connectivity index (χ0n) is 15.5. The van der Waals surface area contributed by atoms with Crippen molar-refractivity contribution in [3.63, 3.8) is 0 Å². The maximum atomic E-state index is 12.7. The van der Waals surface area contributed by atoms with Gasteiger partial charge in [-0.25, -0.2) is 5.01 Å². The van der Waals surface area contributed by atoms with Crippen molar-refractivity contribution in [3.8, 4) is 11.3 Å². The zero-order chi connectivity index (χ0) is 20.5. The lowest BCUT2D eigenvalue weighted by Gasteiger charge is -2.14. The van der Waals surface area contributed by atoms with Crippen LogP contribution in [0.3, 0.4) is 0 Å². The number of nitrogens with one attached hydrogen (secondary N) is 1. The maximum Gasteiger partial charge on any atom is 0.282 e. The van der Waals surface area contributed by atoms with Gasteiger partial charge in [-0.05, 0) is 49.4 Å². The number of nitrogens with two attached hydrogens (primary N) is 1. The summed E-state index contributed by atoms with van der Waals surface area (Å²) in [6, 6.07) is 17.3. The van der Waals surface area contributed by atoms with Gasteiger partial charge in [0.25, 0.3) is 11.8 Å². The molecule has 0 bridgehead atoms. The molecule has 0 spiro atoms. The van der Waals surface area contributed by atoms with Crippen LogP contribution in [-0.4, -0.2) is 17.7 Å². The predicted molar refractivity (Wildman–Crippen MR) is 107 cm³/mol. The molecule has 0 aliphatic carbocycles. The molecule has 1 fully saturated rings. The van der Waals surface area contributed by atoms with Crippen LogP contribution in [0.2, 0.25) is 0 Å². The molecule has 0 atom stereocenters. The highest BCUT2D eigenvalue weighted by molar-refractivity contribution is 6.31. The molecule has 1 saturated heterocycles. The van der Waals surface area contributed by atoms with E-state index in [0.29, 0.717) is 22.8 Å². The number of hydrogen-bond acceptors (Lipinski definition) is 4. The molecule has 4 rings (SSSR count). The predicted octanol–water partition coefficient (Wildman–Crippen LogP) is 2.82. The average Bonchev–Trinajstić information content (AvgIpc) is 3.29. The fourth-order valence-electron chi connectivity index (χ4n) is 2.96. The van der Waals surface area contributed by atoms with E-state index in [1.807, 2.05) is 19.1 Å². The van der Waals surface area contributed by atoms with Crippen LogP contribution in [0.15, 0.2) is 70.7 Å². The Balaban J connectivity index is 1.58. The highest BCUT2D eigenvalue weighted by Crippen LogP contribution is 2.26. The van der Waals surface area contributed by atoms with Crippen LogP contribution in [0.25, 0.3) is 17.4 Å². The van der Waals surface area contributed by atoms with E-state index < -0.39 is 17.7 Å². The molecule has 0 radical (unpaired) electrons. The van der Waals surface area contributed by atoms with Crippen molar-refractivity contribution in [2.45, 2.75) is 6.92 Å². The summed E-state index contributed by atoms with van der Waals surface area (Å²) in [5.41, 5.74) is 10.5. The quantitative estimate of drug-likeness (QED) is 0.530. The van der Waals surface area contributed by atoms with Gasteiger partial charge < -0.3 is 10.2 Å². The van der Waals surface area contributed by atoms with Crippen LogP contribution in [0.1, 0.15) is 21.7 Å².